The second-order valence-electron chi connectivity index (χ2n) is 17.4. The van der Waals surface area contributed by atoms with Crippen molar-refractivity contribution >= 4 is 11.9 Å². The van der Waals surface area contributed by atoms with Gasteiger partial charge in [0.15, 0.2) is 6.10 Å². The van der Waals surface area contributed by atoms with Gasteiger partial charge in [-0.3, -0.25) is 9.59 Å². The molecule has 0 radical (unpaired) electrons. The van der Waals surface area contributed by atoms with Gasteiger partial charge in [-0.1, -0.05) is 234 Å². The summed E-state index contributed by atoms with van der Waals surface area (Å²) in [5.41, 5.74) is 0. The normalized spacial score (nSPS) is 13.0. The zero-order valence-corrected chi connectivity index (χ0v) is 42.0. The van der Waals surface area contributed by atoms with Crippen LogP contribution in [0.4, 0.5) is 0 Å². The largest absolute Gasteiger partial charge is 0.462 e. The Morgan fingerprint density at radius 1 is 0.359 bits per heavy atom. The second kappa shape index (κ2) is 54.2. The van der Waals surface area contributed by atoms with E-state index in [0.29, 0.717) is 19.4 Å². The minimum absolute atomic E-state index is 0.0539. The number of ether oxygens (including phenoxy) is 3. The minimum atomic E-state index is -0.577. The van der Waals surface area contributed by atoms with Crippen LogP contribution in [0.2, 0.25) is 0 Å². The van der Waals surface area contributed by atoms with Crippen LogP contribution in [0.15, 0.2) is 97.2 Å². The minimum Gasteiger partial charge on any atom is -0.462 e. The lowest BCUT2D eigenvalue weighted by molar-refractivity contribution is -0.163. The molecule has 0 spiro atoms. The molecule has 5 nitrogen and oxygen atoms in total. The number of esters is 2. The van der Waals surface area contributed by atoms with Gasteiger partial charge in [0.2, 0.25) is 0 Å². The molecule has 0 bridgehead atoms. The zero-order valence-electron chi connectivity index (χ0n) is 42.0. The summed E-state index contributed by atoms with van der Waals surface area (Å²) in [6.07, 6.45) is 72.9. The molecule has 0 aromatic rings. The molecule has 0 saturated heterocycles. The summed E-state index contributed by atoms with van der Waals surface area (Å²) in [4.78, 5) is 25.4. The van der Waals surface area contributed by atoms with E-state index in [4.69, 9.17) is 14.2 Å². The van der Waals surface area contributed by atoms with E-state index in [1.165, 1.54) is 103 Å². The van der Waals surface area contributed by atoms with Gasteiger partial charge < -0.3 is 14.2 Å². The van der Waals surface area contributed by atoms with Gasteiger partial charge >= 0.3 is 11.9 Å². The SMILES string of the molecule is CC/C=C\C/C=C\C/C=C\C/C=C\C/C=C\C/C=C\CCCOCC(COC(=O)CCCCCCCCCCCCCCCCC)OC(=O)CCCCCCC/C=C\C/C=C\CCC. The van der Waals surface area contributed by atoms with E-state index in [1.807, 2.05) is 0 Å². The van der Waals surface area contributed by atoms with Crippen molar-refractivity contribution < 1.29 is 23.8 Å². The zero-order chi connectivity index (χ0) is 46.3. The molecular weight excluding hydrogens is 789 g/mol. The van der Waals surface area contributed by atoms with E-state index in [1.54, 1.807) is 0 Å². The number of unbranched alkanes of at least 4 members (excludes halogenated alkanes) is 21. The number of rotatable bonds is 48. The maximum Gasteiger partial charge on any atom is 0.306 e. The van der Waals surface area contributed by atoms with Crippen molar-refractivity contribution in [2.45, 2.75) is 245 Å². The van der Waals surface area contributed by atoms with E-state index in [-0.39, 0.29) is 25.2 Å². The summed E-state index contributed by atoms with van der Waals surface area (Å²) in [5.74, 6) is -0.444. The molecule has 5 heteroatoms. The fourth-order valence-electron chi connectivity index (χ4n) is 7.15. The molecule has 0 fully saturated rings. The van der Waals surface area contributed by atoms with Crippen molar-refractivity contribution in [2.75, 3.05) is 19.8 Å². The highest BCUT2D eigenvalue weighted by Crippen LogP contribution is 2.15. The molecule has 0 aliphatic carbocycles. The van der Waals surface area contributed by atoms with Crippen molar-refractivity contribution in [3.63, 3.8) is 0 Å². The molecule has 64 heavy (non-hydrogen) atoms. The highest BCUT2D eigenvalue weighted by Gasteiger charge is 2.17. The van der Waals surface area contributed by atoms with E-state index in [9.17, 15) is 9.59 Å². The van der Waals surface area contributed by atoms with Crippen molar-refractivity contribution in [3.05, 3.63) is 97.2 Å². The third kappa shape index (κ3) is 51.5. The summed E-state index contributed by atoms with van der Waals surface area (Å²) < 4.78 is 17.3. The smallest absolute Gasteiger partial charge is 0.306 e. The summed E-state index contributed by atoms with van der Waals surface area (Å²) >= 11 is 0. The van der Waals surface area contributed by atoms with Crippen molar-refractivity contribution in [2.24, 2.45) is 0 Å². The molecule has 1 atom stereocenters. The van der Waals surface area contributed by atoms with E-state index < -0.39 is 6.10 Å². The van der Waals surface area contributed by atoms with Gasteiger partial charge in [-0.25, -0.2) is 0 Å². The molecular formula is C59H100O5. The first-order chi connectivity index (χ1) is 31.6. The molecule has 0 rings (SSSR count). The number of hydrogen-bond donors (Lipinski definition) is 0. The molecule has 0 aliphatic rings. The fraction of sp³-hybridized carbons (Fsp3) is 0.695. The van der Waals surface area contributed by atoms with E-state index in [2.05, 4.69) is 118 Å². The van der Waals surface area contributed by atoms with Crippen LogP contribution in [0, 0.1) is 0 Å². The van der Waals surface area contributed by atoms with Crippen LogP contribution >= 0.6 is 0 Å². The Hall–Kier alpha value is -3.18. The summed E-state index contributed by atoms with van der Waals surface area (Å²) in [6, 6.07) is 0. The molecule has 0 aromatic heterocycles. The van der Waals surface area contributed by atoms with Crippen LogP contribution in [0.5, 0.6) is 0 Å². The van der Waals surface area contributed by atoms with Crippen LogP contribution < -0.4 is 0 Å². The summed E-state index contributed by atoms with van der Waals surface area (Å²) in [5, 5.41) is 0. The van der Waals surface area contributed by atoms with Gasteiger partial charge in [-0.15, -0.1) is 0 Å². The van der Waals surface area contributed by atoms with Crippen molar-refractivity contribution in [1.82, 2.24) is 0 Å². The molecule has 0 aliphatic heterocycles. The Bertz CT molecular complexity index is 1230. The van der Waals surface area contributed by atoms with Crippen LogP contribution in [0.25, 0.3) is 0 Å². The number of carbonyl (C=O) groups excluding carboxylic acids is 2. The molecule has 0 heterocycles. The Labute approximate surface area is 396 Å². The predicted octanol–water partition coefficient (Wildman–Crippen LogP) is 18.2. The monoisotopic (exact) mass is 889 g/mol. The van der Waals surface area contributed by atoms with Crippen molar-refractivity contribution in [3.8, 4) is 0 Å². The molecule has 0 aromatic carbocycles. The summed E-state index contributed by atoms with van der Waals surface area (Å²) in [7, 11) is 0. The summed E-state index contributed by atoms with van der Waals surface area (Å²) in [6.45, 7) is 7.50. The topological polar surface area (TPSA) is 61.8 Å². The van der Waals surface area contributed by atoms with Crippen LogP contribution in [0.1, 0.15) is 239 Å². The lowest BCUT2D eigenvalue weighted by Crippen LogP contribution is -2.30. The third-order valence-corrected chi connectivity index (χ3v) is 11.1. The lowest BCUT2D eigenvalue weighted by Gasteiger charge is -2.18. The van der Waals surface area contributed by atoms with Gasteiger partial charge in [0, 0.05) is 19.4 Å². The Morgan fingerprint density at radius 3 is 1.19 bits per heavy atom. The molecule has 366 valence electrons. The van der Waals surface area contributed by atoms with E-state index >= 15 is 0 Å². The van der Waals surface area contributed by atoms with Gasteiger partial charge in [0.1, 0.15) is 6.61 Å². The third-order valence-electron chi connectivity index (χ3n) is 11.1. The molecule has 1 unspecified atom stereocenters. The van der Waals surface area contributed by atoms with Gasteiger partial charge in [0.05, 0.1) is 6.61 Å². The van der Waals surface area contributed by atoms with Gasteiger partial charge in [-0.2, -0.15) is 0 Å². The Balaban J connectivity index is 4.38. The van der Waals surface area contributed by atoms with Gasteiger partial charge in [0.25, 0.3) is 0 Å². The molecule has 0 saturated carbocycles. The predicted molar refractivity (Wildman–Crippen MR) is 279 cm³/mol. The highest BCUT2D eigenvalue weighted by atomic mass is 16.6. The second-order valence-corrected chi connectivity index (χ2v) is 17.4. The average molecular weight is 889 g/mol. The van der Waals surface area contributed by atoms with Crippen LogP contribution in [-0.2, 0) is 23.8 Å². The Kier molecular flexibility index (Phi) is 51.5. The first kappa shape index (κ1) is 60.8. The Morgan fingerprint density at radius 2 is 0.734 bits per heavy atom. The standard InChI is InChI=1S/C59H100O5/c1-4-7-10-13-16-19-22-25-27-28-29-30-31-33-36-39-42-45-48-51-54-62-55-57(64-59(61)53-50-47-44-41-38-34-24-21-18-15-12-9-6-3)56-63-58(60)52-49-46-43-40-37-35-32-26-23-20-17-14-11-8-5-2/h7,10,12,15-16,19,21,24-25,27,29-30,33,36,42,45,57H,4-6,8-9,11,13-14,17-18,20,22-23,26,28,31-32,34-35,37-41,43-44,46-56H2,1-3H3/b10-7-,15-12-,19-16-,24-21-,27-25-,30-29-,36-33-,45-42-. The van der Waals surface area contributed by atoms with Crippen LogP contribution in [0.3, 0.4) is 0 Å². The quantitative estimate of drug-likeness (QED) is 0.0346. The highest BCUT2D eigenvalue weighted by molar-refractivity contribution is 5.70. The average Bonchev–Trinajstić information content (AvgIpc) is 3.30. The molecule has 0 N–H and O–H groups in total. The lowest BCUT2D eigenvalue weighted by atomic mass is 10.0. The maximum absolute atomic E-state index is 12.8. The maximum atomic E-state index is 12.8. The number of carbonyl (C=O) groups is 2. The fourth-order valence-corrected chi connectivity index (χ4v) is 7.15. The number of hydrogen-bond acceptors (Lipinski definition) is 5. The van der Waals surface area contributed by atoms with Gasteiger partial charge in [-0.05, 0) is 89.9 Å². The van der Waals surface area contributed by atoms with Crippen LogP contribution in [-0.4, -0.2) is 37.9 Å². The first-order valence-corrected chi connectivity index (χ1v) is 26.8. The number of allylic oxidation sites excluding steroid dienone is 16. The first-order valence-electron chi connectivity index (χ1n) is 26.8. The van der Waals surface area contributed by atoms with Crippen molar-refractivity contribution in [1.29, 1.82) is 0 Å². The van der Waals surface area contributed by atoms with E-state index in [0.717, 1.165) is 103 Å². The molecule has 0 amide bonds.